The SMILES string of the molecule is CC(N)(C(=O)N1CCS(=O)CC1)c1ccccc1. The minimum absolute atomic E-state index is 0.0922. The second-order valence-corrected chi connectivity index (χ2v) is 6.40. The molecule has 2 rings (SSSR count). The summed E-state index contributed by atoms with van der Waals surface area (Å²) in [5.41, 5.74) is 5.97. The Hall–Kier alpha value is -1.20. The van der Waals surface area contributed by atoms with Crippen LogP contribution in [0, 0.1) is 0 Å². The van der Waals surface area contributed by atoms with E-state index in [4.69, 9.17) is 5.73 Å². The molecule has 1 aromatic rings. The summed E-state index contributed by atoms with van der Waals surface area (Å²) in [6, 6.07) is 9.37. The van der Waals surface area contributed by atoms with E-state index in [9.17, 15) is 9.00 Å². The van der Waals surface area contributed by atoms with E-state index < -0.39 is 16.3 Å². The first-order chi connectivity index (χ1) is 8.51. The van der Waals surface area contributed by atoms with Crippen LogP contribution >= 0.6 is 0 Å². The van der Waals surface area contributed by atoms with Gasteiger partial charge in [-0.3, -0.25) is 9.00 Å². The van der Waals surface area contributed by atoms with Crippen molar-refractivity contribution in [2.75, 3.05) is 24.6 Å². The molecule has 18 heavy (non-hydrogen) atoms. The van der Waals surface area contributed by atoms with Crippen molar-refractivity contribution in [1.29, 1.82) is 0 Å². The summed E-state index contributed by atoms with van der Waals surface area (Å²) in [7, 11) is -0.783. The fourth-order valence-corrected chi connectivity index (χ4v) is 3.13. The van der Waals surface area contributed by atoms with Gasteiger partial charge in [-0.15, -0.1) is 0 Å². The Morgan fingerprint density at radius 3 is 2.39 bits per heavy atom. The van der Waals surface area contributed by atoms with Crippen molar-refractivity contribution >= 4 is 16.7 Å². The summed E-state index contributed by atoms with van der Waals surface area (Å²) >= 11 is 0. The van der Waals surface area contributed by atoms with Gasteiger partial charge in [0.15, 0.2) is 0 Å². The first-order valence-electron chi connectivity index (χ1n) is 6.00. The molecule has 1 aliphatic rings. The van der Waals surface area contributed by atoms with Crippen molar-refractivity contribution < 1.29 is 9.00 Å². The minimum Gasteiger partial charge on any atom is -0.339 e. The molecule has 2 N–H and O–H groups in total. The smallest absolute Gasteiger partial charge is 0.247 e. The topological polar surface area (TPSA) is 63.4 Å². The molecule has 0 saturated carbocycles. The highest BCUT2D eigenvalue weighted by atomic mass is 32.2. The molecule has 1 aliphatic heterocycles. The van der Waals surface area contributed by atoms with Crippen LogP contribution in [0.15, 0.2) is 30.3 Å². The molecule has 0 aromatic heterocycles. The van der Waals surface area contributed by atoms with E-state index in [0.717, 1.165) is 5.56 Å². The number of rotatable bonds is 2. The fraction of sp³-hybridized carbons (Fsp3) is 0.462. The van der Waals surface area contributed by atoms with Gasteiger partial charge in [0.2, 0.25) is 5.91 Å². The third kappa shape index (κ3) is 2.62. The number of benzene rings is 1. The molecule has 1 saturated heterocycles. The Bertz CT molecular complexity index is 449. The molecular weight excluding hydrogens is 248 g/mol. The molecule has 5 heteroatoms. The zero-order chi connectivity index (χ0) is 13.2. The Kier molecular flexibility index (Phi) is 3.82. The monoisotopic (exact) mass is 266 g/mol. The quantitative estimate of drug-likeness (QED) is 0.845. The standard InChI is InChI=1S/C13H18N2O2S/c1-13(14,11-5-3-2-4-6-11)12(16)15-7-9-18(17)10-8-15/h2-6H,7-10,14H2,1H3. The Morgan fingerprint density at radius 1 is 1.28 bits per heavy atom. The first-order valence-corrected chi connectivity index (χ1v) is 7.49. The number of hydrogen-bond acceptors (Lipinski definition) is 3. The predicted molar refractivity (Wildman–Crippen MR) is 72.4 cm³/mol. The van der Waals surface area contributed by atoms with Gasteiger partial charge in [0.05, 0.1) is 0 Å². The maximum atomic E-state index is 12.4. The summed E-state index contributed by atoms with van der Waals surface area (Å²) in [6.07, 6.45) is 0. The maximum Gasteiger partial charge on any atom is 0.247 e. The van der Waals surface area contributed by atoms with Crippen molar-refractivity contribution in [3.05, 3.63) is 35.9 Å². The van der Waals surface area contributed by atoms with Gasteiger partial charge in [0, 0.05) is 35.4 Å². The van der Waals surface area contributed by atoms with E-state index in [-0.39, 0.29) is 5.91 Å². The summed E-state index contributed by atoms with van der Waals surface area (Å²) < 4.78 is 11.3. The molecule has 0 aliphatic carbocycles. The lowest BCUT2D eigenvalue weighted by Gasteiger charge is -2.34. The van der Waals surface area contributed by atoms with E-state index in [1.54, 1.807) is 11.8 Å². The van der Waals surface area contributed by atoms with Gasteiger partial charge < -0.3 is 10.6 Å². The number of carbonyl (C=O) groups is 1. The van der Waals surface area contributed by atoms with Crippen LogP contribution in [-0.4, -0.2) is 39.6 Å². The van der Waals surface area contributed by atoms with Crippen LogP contribution in [-0.2, 0) is 21.1 Å². The lowest BCUT2D eigenvalue weighted by molar-refractivity contribution is -0.136. The van der Waals surface area contributed by atoms with Crippen molar-refractivity contribution in [1.82, 2.24) is 4.90 Å². The molecule has 1 amide bonds. The second-order valence-electron chi connectivity index (χ2n) is 4.71. The fourth-order valence-electron chi connectivity index (χ4n) is 2.08. The highest BCUT2D eigenvalue weighted by Gasteiger charge is 2.35. The number of amides is 1. The average Bonchev–Trinajstić information content (AvgIpc) is 2.40. The van der Waals surface area contributed by atoms with E-state index in [0.29, 0.717) is 24.6 Å². The van der Waals surface area contributed by atoms with Crippen LogP contribution in [0.1, 0.15) is 12.5 Å². The van der Waals surface area contributed by atoms with Gasteiger partial charge in [0.1, 0.15) is 5.54 Å². The Morgan fingerprint density at radius 2 is 1.83 bits per heavy atom. The lowest BCUT2D eigenvalue weighted by atomic mass is 9.91. The number of nitrogens with two attached hydrogens (primary N) is 1. The molecule has 1 fully saturated rings. The summed E-state index contributed by atoms with van der Waals surface area (Å²) in [5.74, 6) is 1.01. The van der Waals surface area contributed by atoms with E-state index in [2.05, 4.69) is 0 Å². The first kappa shape index (κ1) is 13.2. The Labute approximate surface area is 110 Å². The maximum absolute atomic E-state index is 12.4. The van der Waals surface area contributed by atoms with Gasteiger partial charge in [-0.2, -0.15) is 0 Å². The van der Waals surface area contributed by atoms with Crippen LogP contribution in [0.4, 0.5) is 0 Å². The van der Waals surface area contributed by atoms with Crippen molar-refractivity contribution in [2.45, 2.75) is 12.5 Å². The molecule has 0 spiro atoms. The van der Waals surface area contributed by atoms with Crippen molar-refractivity contribution in [3.63, 3.8) is 0 Å². The van der Waals surface area contributed by atoms with Gasteiger partial charge >= 0.3 is 0 Å². The van der Waals surface area contributed by atoms with Crippen LogP contribution in [0.2, 0.25) is 0 Å². The molecule has 4 nitrogen and oxygen atoms in total. The largest absolute Gasteiger partial charge is 0.339 e. The van der Waals surface area contributed by atoms with Crippen LogP contribution in [0.25, 0.3) is 0 Å². The molecule has 1 aromatic carbocycles. The minimum atomic E-state index is -1.01. The molecule has 0 radical (unpaired) electrons. The van der Waals surface area contributed by atoms with Crippen molar-refractivity contribution in [2.24, 2.45) is 5.73 Å². The number of hydrogen-bond donors (Lipinski definition) is 1. The summed E-state index contributed by atoms with van der Waals surface area (Å²) in [4.78, 5) is 14.1. The highest BCUT2D eigenvalue weighted by molar-refractivity contribution is 7.85. The lowest BCUT2D eigenvalue weighted by Crippen LogP contribution is -2.54. The van der Waals surface area contributed by atoms with Crippen molar-refractivity contribution in [3.8, 4) is 0 Å². The third-order valence-corrected chi connectivity index (χ3v) is 4.56. The Balaban J connectivity index is 2.15. The molecular formula is C13H18N2O2S. The molecule has 0 bridgehead atoms. The summed E-state index contributed by atoms with van der Waals surface area (Å²) in [5, 5.41) is 0. The van der Waals surface area contributed by atoms with E-state index in [1.165, 1.54) is 0 Å². The van der Waals surface area contributed by atoms with Crippen LogP contribution < -0.4 is 5.73 Å². The third-order valence-electron chi connectivity index (χ3n) is 3.28. The van der Waals surface area contributed by atoms with Gasteiger partial charge in [-0.05, 0) is 12.5 Å². The highest BCUT2D eigenvalue weighted by Crippen LogP contribution is 2.21. The molecule has 1 heterocycles. The molecule has 1 atom stereocenters. The zero-order valence-electron chi connectivity index (χ0n) is 10.5. The number of carbonyl (C=O) groups excluding carboxylic acids is 1. The van der Waals surface area contributed by atoms with Gasteiger partial charge in [0.25, 0.3) is 0 Å². The van der Waals surface area contributed by atoms with E-state index >= 15 is 0 Å². The number of nitrogens with zero attached hydrogens (tertiary/aromatic N) is 1. The normalized spacial score (nSPS) is 20.4. The van der Waals surface area contributed by atoms with Gasteiger partial charge in [-0.1, -0.05) is 30.3 Å². The molecule has 98 valence electrons. The zero-order valence-corrected chi connectivity index (χ0v) is 11.3. The second kappa shape index (κ2) is 5.20. The summed E-state index contributed by atoms with van der Waals surface area (Å²) in [6.45, 7) is 2.80. The van der Waals surface area contributed by atoms with E-state index in [1.807, 2.05) is 30.3 Å². The molecule has 1 unspecified atom stereocenters. The van der Waals surface area contributed by atoms with Crippen LogP contribution in [0.3, 0.4) is 0 Å². The predicted octanol–water partition coefficient (Wildman–Crippen LogP) is 0.451. The average molecular weight is 266 g/mol. The van der Waals surface area contributed by atoms with Crippen LogP contribution in [0.5, 0.6) is 0 Å². The van der Waals surface area contributed by atoms with Gasteiger partial charge in [-0.25, -0.2) is 0 Å².